The highest BCUT2D eigenvalue weighted by Gasteiger charge is 2.73. The Bertz CT molecular complexity index is 257. The highest BCUT2D eigenvalue weighted by atomic mass is 35.5. The molecule has 0 aliphatic heterocycles. The fourth-order valence-corrected chi connectivity index (χ4v) is 3.75. The van der Waals surface area contributed by atoms with E-state index in [1.165, 1.54) is 12.0 Å². The van der Waals surface area contributed by atoms with Gasteiger partial charge >= 0.3 is 0 Å². The van der Waals surface area contributed by atoms with Crippen LogP contribution in [0.15, 0.2) is 12.2 Å². The monoisotopic (exact) mass is 218 g/mol. The maximum atomic E-state index is 6.26. The van der Waals surface area contributed by atoms with Crippen LogP contribution in [0.5, 0.6) is 0 Å². The zero-order valence-electron chi connectivity index (χ0n) is 8.24. The lowest BCUT2D eigenvalue weighted by atomic mass is 9.80. The third-order valence-corrected chi connectivity index (χ3v) is 5.50. The molecule has 0 saturated heterocycles. The first-order valence-electron chi connectivity index (χ1n) is 4.93. The molecule has 3 unspecified atom stereocenters. The molecule has 2 heteroatoms. The number of halogens is 2. The Morgan fingerprint density at radius 3 is 2.54 bits per heavy atom. The maximum Gasteiger partial charge on any atom is 0.127 e. The lowest BCUT2D eigenvalue weighted by molar-refractivity contribution is 0.307. The zero-order chi connectivity index (χ0) is 9.85. The van der Waals surface area contributed by atoms with Gasteiger partial charge in [0.1, 0.15) is 4.33 Å². The Hall–Kier alpha value is 0.320. The van der Waals surface area contributed by atoms with Gasteiger partial charge in [0.2, 0.25) is 0 Å². The van der Waals surface area contributed by atoms with Crippen LogP contribution in [0.2, 0.25) is 0 Å². The molecule has 2 aliphatic carbocycles. The average Bonchev–Trinajstić information content (AvgIpc) is 2.46. The first kappa shape index (κ1) is 9.86. The molecule has 2 saturated carbocycles. The minimum atomic E-state index is -0.447. The predicted molar refractivity (Wildman–Crippen MR) is 58.2 cm³/mol. The van der Waals surface area contributed by atoms with Gasteiger partial charge < -0.3 is 0 Å². The summed E-state index contributed by atoms with van der Waals surface area (Å²) in [5.41, 5.74) is 1.49. The molecule has 2 aliphatic rings. The number of hydrogen-bond acceptors (Lipinski definition) is 0. The van der Waals surface area contributed by atoms with Gasteiger partial charge in [-0.1, -0.05) is 19.1 Å². The van der Waals surface area contributed by atoms with Crippen LogP contribution in [0, 0.1) is 17.3 Å². The molecule has 0 N–H and O–H groups in total. The number of rotatable bonds is 1. The Kier molecular flexibility index (Phi) is 2.02. The fourth-order valence-electron chi connectivity index (χ4n) is 2.75. The van der Waals surface area contributed by atoms with Crippen LogP contribution in [0.1, 0.15) is 33.1 Å². The van der Waals surface area contributed by atoms with Gasteiger partial charge in [-0.05, 0) is 32.1 Å². The zero-order valence-corrected chi connectivity index (χ0v) is 9.75. The summed E-state index contributed by atoms with van der Waals surface area (Å²) in [6.45, 7) is 8.34. The van der Waals surface area contributed by atoms with Crippen LogP contribution in [0.3, 0.4) is 0 Å². The summed E-state index contributed by atoms with van der Waals surface area (Å²) in [5, 5.41) is 0. The van der Waals surface area contributed by atoms with Crippen LogP contribution >= 0.6 is 23.2 Å². The molecule has 0 aromatic rings. The maximum absolute atomic E-state index is 6.26. The molecule has 3 atom stereocenters. The van der Waals surface area contributed by atoms with Crippen LogP contribution in [-0.4, -0.2) is 4.33 Å². The molecule has 0 aromatic carbocycles. The number of hydrogen-bond donors (Lipinski definition) is 0. The predicted octanol–water partition coefficient (Wildman–Crippen LogP) is 4.17. The van der Waals surface area contributed by atoms with Gasteiger partial charge in [-0.15, -0.1) is 23.2 Å². The van der Waals surface area contributed by atoms with Gasteiger partial charge in [0.15, 0.2) is 0 Å². The van der Waals surface area contributed by atoms with E-state index in [0.29, 0.717) is 11.8 Å². The topological polar surface area (TPSA) is 0 Å². The van der Waals surface area contributed by atoms with E-state index in [2.05, 4.69) is 20.4 Å². The van der Waals surface area contributed by atoms with Gasteiger partial charge in [0, 0.05) is 11.3 Å². The second-order valence-corrected chi connectivity index (χ2v) is 6.30. The molecule has 0 aromatic heterocycles. The average molecular weight is 219 g/mol. The summed E-state index contributed by atoms with van der Waals surface area (Å²) in [5.74, 6) is 1.15. The van der Waals surface area contributed by atoms with E-state index >= 15 is 0 Å². The summed E-state index contributed by atoms with van der Waals surface area (Å²) in [6.07, 6.45) is 3.50. The van der Waals surface area contributed by atoms with Crippen molar-refractivity contribution < 1.29 is 0 Å². The molecule has 0 radical (unpaired) electrons. The van der Waals surface area contributed by atoms with Crippen molar-refractivity contribution in [3.63, 3.8) is 0 Å². The first-order chi connectivity index (χ1) is 5.89. The molecule has 2 fully saturated rings. The molecule has 2 rings (SSSR count). The van der Waals surface area contributed by atoms with Gasteiger partial charge in [0.25, 0.3) is 0 Å². The highest BCUT2D eigenvalue weighted by Crippen LogP contribution is 2.75. The van der Waals surface area contributed by atoms with E-state index in [4.69, 9.17) is 23.2 Å². The Morgan fingerprint density at radius 1 is 1.46 bits per heavy atom. The lowest BCUT2D eigenvalue weighted by Gasteiger charge is -2.24. The molecule has 0 bridgehead atoms. The standard InChI is InChI=1S/C11H16Cl2/c1-7(2)8-4-5-10(3)9(6-8)11(10,12)13/h8-9H,1,4-6H2,2-3H3. The fraction of sp³-hybridized carbons (Fsp3) is 0.818. The normalized spacial score (nSPS) is 46.8. The third kappa shape index (κ3) is 1.18. The number of fused-ring (bicyclic) bond motifs is 1. The number of alkyl halides is 2. The summed E-state index contributed by atoms with van der Waals surface area (Å²) in [6, 6.07) is 0. The molecular formula is C11H16Cl2. The van der Waals surface area contributed by atoms with Crippen LogP contribution in [0.25, 0.3) is 0 Å². The van der Waals surface area contributed by atoms with Crippen molar-refractivity contribution in [3.8, 4) is 0 Å². The van der Waals surface area contributed by atoms with Crippen LogP contribution in [0.4, 0.5) is 0 Å². The van der Waals surface area contributed by atoms with E-state index in [1.807, 2.05) is 0 Å². The minimum absolute atomic E-state index is 0.196. The van der Waals surface area contributed by atoms with Crippen molar-refractivity contribution in [1.82, 2.24) is 0 Å². The SMILES string of the molecule is C=C(C)C1CCC2(C)C(C1)C2(Cl)Cl. The quantitative estimate of drug-likeness (QED) is 0.458. The minimum Gasteiger partial charge on any atom is -0.101 e. The van der Waals surface area contributed by atoms with Gasteiger partial charge in [-0.2, -0.15) is 0 Å². The van der Waals surface area contributed by atoms with Crippen LogP contribution < -0.4 is 0 Å². The van der Waals surface area contributed by atoms with E-state index in [-0.39, 0.29) is 5.41 Å². The largest absolute Gasteiger partial charge is 0.127 e. The van der Waals surface area contributed by atoms with Crippen molar-refractivity contribution in [2.45, 2.75) is 37.4 Å². The summed E-state index contributed by atoms with van der Waals surface area (Å²) < 4.78 is -0.447. The summed E-state index contributed by atoms with van der Waals surface area (Å²) >= 11 is 12.5. The first-order valence-corrected chi connectivity index (χ1v) is 5.68. The van der Waals surface area contributed by atoms with Crippen molar-refractivity contribution in [1.29, 1.82) is 0 Å². The van der Waals surface area contributed by atoms with E-state index in [1.54, 1.807) is 0 Å². The smallest absolute Gasteiger partial charge is 0.101 e. The molecule has 0 amide bonds. The second kappa shape index (κ2) is 2.67. The summed E-state index contributed by atoms with van der Waals surface area (Å²) in [7, 11) is 0. The molecule has 13 heavy (non-hydrogen) atoms. The molecule has 0 heterocycles. The third-order valence-electron chi connectivity index (χ3n) is 4.11. The molecular weight excluding hydrogens is 203 g/mol. The van der Waals surface area contributed by atoms with E-state index in [0.717, 1.165) is 12.8 Å². The van der Waals surface area contributed by atoms with Crippen LogP contribution in [-0.2, 0) is 0 Å². The Balaban J connectivity index is 2.11. The van der Waals surface area contributed by atoms with Crippen molar-refractivity contribution in [3.05, 3.63) is 12.2 Å². The Morgan fingerprint density at radius 2 is 2.08 bits per heavy atom. The lowest BCUT2D eigenvalue weighted by Crippen LogP contribution is -2.14. The van der Waals surface area contributed by atoms with Gasteiger partial charge in [-0.3, -0.25) is 0 Å². The second-order valence-electron chi connectivity index (χ2n) is 4.91. The van der Waals surface area contributed by atoms with E-state index < -0.39 is 4.33 Å². The van der Waals surface area contributed by atoms with Gasteiger partial charge in [-0.25, -0.2) is 0 Å². The van der Waals surface area contributed by atoms with Crippen molar-refractivity contribution in [2.24, 2.45) is 17.3 Å². The van der Waals surface area contributed by atoms with E-state index in [9.17, 15) is 0 Å². The molecule has 0 nitrogen and oxygen atoms in total. The number of allylic oxidation sites excluding steroid dienone is 1. The highest BCUT2D eigenvalue weighted by molar-refractivity contribution is 6.51. The summed E-state index contributed by atoms with van der Waals surface area (Å²) in [4.78, 5) is 0. The Labute approximate surface area is 90.3 Å². The van der Waals surface area contributed by atoms with Crippen molar-refractivity contribution in [2.75, 3.05) is 0 Å². The van der Waals surface area contributed by atoms with Gasteiger partial charge in [0.05, 0.1) is 0 Å². The molecule has 74 valence electrons. The molecule has 0 spiro atoms. The van der Waals surface area contributed by atoms with Crippen molar-refractivity contribution >= 4 is 23.2 Å².